The number of hydrogen-bond donors (Lipinski definition) is 1. The summed E-state index contributed by atoms with van der Waals surface area (Å²) in [6.07, 6.45) is 3.56. The Morgan fingerprint density at radius 1 is 1.58 bits per heavy atom. The Morgan fingerprint density at radius 2 is 2.42 bits per heavy atom. The van der Waals surface area contributed by atoms with Gasteiger partial charge in [0.25, 0.3) is 0 Å². The number of benzene rings is 1. The van der Waals surface area contributed by atoms with Crippen LogP contribution in [0, 0.1) is 0 Å². The van der Waals surface area contributed by atoms with Crippen molar-refractivity contribution in [2.24, 2.45) is 5.16 Å². The maximum Gasteiger partial charge on any atom is 0.334 e. The third-order valence-electron chi connectivity index (χ3n) is 2.76. The highest BCUT2D eigenvalue weighted by Crippen LogP contribution is 2.29. The van der Waals surface area contributed by atoms with E-state index in [0.717, 1.165) is 5.56 Å². The summed E-state index contributed by atoms with van der Waals surface area (Å²) in [6.45, 7) is 2.50. The van der Waals surface area contributed by atoms with Crippen molar-refractivity contribution in [2.75, 3.05) is 13.2 Å². The molecule has 1 heterocycles. The van der Waals surface area contributed by atoms with Crippen LogP contribution in [0.25, 0.3) is 6.08 Å². The number of para-hydroxylation sites is 1. The Hall–Kier alpha value is -2.30. The van der Waals surface area contributed by atoms with Crippen LogP contribution in [0.1, 0.15) is 24.5 Å². The molecule has 0 fully saturated rings. The molecule has 1 aliphatic rings. The molecule has 0 amide bonds. The van der Waals surface area contributed by atoms with Crippen molar-refractivity contribution >= 4 is 18.3 Å². The zero-order valence-corrected chi connectivity index (χ0v) is 10.6. The molecule has 0 spiro atoms. The number of ether oxygens (including phenoxy) is 2. The summed E-state index contributed by atoms with van der Waals surface area (Å²) >= 11 is 0. The molecule has 0 saturated carbocycles. The van der Waals surface area contributed by atoms with Gasteiger partial charge in [-0.3, -0.25) is 0 Å². The van der Waals surface area contributed by atoms with Crippen molar-refractivity contribution < 1.29 is 19.5 Å². The van der Waals surface area contributed by atoms with E-state index in [0.29, 0.717) is 36.5 Å². The molecule has 1 N–H and O–H groups in total. The first-order valence-corrected chi connectivity index (χ1v) is 6.07. The van der Waals surface area contributed by atoms with E-state index >= 15 is 0 Å². The molecule has 0 saturated heterocycles. The van der Waals surface area contributed by atoms with Crippen LogP contribution in [0.5, 0.6) is 5.75 Å². The number of carbonyl (C=O) groups excluding carboxylic acids is 1. The van der Waals surface area contributed by atoms with Gasteiger partial charge in [0.05, 0.1) is 19.4 Å². The second-order valence-corrected chi connectivity index (χ2v) is 4.00. The third kappa shape index (κ3) is 2.93. The third-order valence-corrected chi connectivity index (χ3v) is 2.76. The SMILES string of the molecule is CCOC(=O)C1=Cc2cccc(C=NO)c2OCC1. The Morgan fingerprint density at radius 3 is 3.16 bits per heavy atom. The van der Waals surface area contributed by atoms with Gasteiger partial charge in [-0.15, -0.1) is 0 Å². The van der Waals surface area contributed by atoms with E-state index in [-0.39, 0.29) is 5.97 Å². The number of rotatable bonds is 3. The van der Waals surface area contributed by atoms with Crippen LogP contribution < -0.4 is 4.74 Å². The number of fused-ring (bicyclic) bond motifs is 1. The number of hydrogen-bond acceptors (Lipinski definition) is 5. The zero-order chi connectivity index (χ0) is 13.7. The summed E-state index contributed by atoms with van der Waals surface area (Å²) in [5.41, 5.74) is 2.03. The first kappa shape index (κ1) is 13.1. The molecule has 19 heavy (non-hydrogen) atoms. The van der Waals surface area contributed by atoms with Crippen molar-refractivity contribution in [1.29, 1.82) is 0 Å². The molecule has 5 nitrogen and oxygen atoms in total. The minimum absolute atomic E-state index is 0.319. The van der Waals surface area contributed by atoms with Crippen LogP contribution in [0.2, 0.25) is 0 Å². The highest BCUT2D eigenvalue weighted by Gasteiger charge is 2.17. The summed E-state index contributed by atoms with van der Waals surface area (Å²) in [4.78, 5) is 11.8. The van der Waals surface area contributed by atoms with Gasteiger partial charge in [-0.05, 0) is 19.1 Å². The van der Waals surface area contributed by atoms with Gasteiger partial charge in [-0.25, -0.2) is 4.79 Å². The van der Waals surface area contributed by atoms with Crippen molar-refractivity contribution in [3.63, 3.8) is 0 Å². The van der Waals surface area contributed by atoms with E-state index in [1.54, 1.807) is 19.1 Å². The van der Waals surface area contributed by atoms with E-state index in [1.165, 1.54) is 6.21 Å². The van der Waals surface area contributed by atoms with E-state index < -0.39 is 0 Å². The fourth-order valence-electron chi connectivity index (χ4n) is 1.93. The summed E-state index contributed by atoms with van der Waals surface area (Å²) in [6, 6.07) is 5.43. The standard InChI is InChI=1S/C14H15NO4/c1-2-18-14(16)11-6-7-19-13-10(8-11)4-3-5-12(13)9-15-17/h3-5,8-9,17H,2,6-7H2,1H3. The van der Waals surface area contributed by atoms with Crippen LogP contribution >= 0.6 is 0 Å². The summed E-state index contributed by atoms with van der Waals surface area (Å²) in [5, 5.41) is 11.6. The first-order chi connectivity index (χ1) is 9.26. The van der Waals surface area contributed by atoms with Gasteiger partial charge in [0.15, 0.2) is 0 Å². The quantitative estimate of drug-likeness (QED) is 0.392. The molecule has 5 heteroatoms. The molecule has 1 aliphatic heterocycles. The van der Waals surface area contributed by atoms with E-state index in [4.69, 9.17) is 14.7 Å². The fraction of sp³-hybridized carbons (Fsp3) is 0.286. The van der Waals surface area contributed by atoms with E-state index in [2.05, 4.69) is 5.16 Å². The van der Waals surface area contributed by atoms with Crippen molar-refractivity contribution in [2.45, 2.75) is 13.3 Å². The predicted octanol–water partition coefficient (Wildman–Crippen LogP) is 2.22. The molecule has 100 valence electrons. The number of oxime groups is 1. The van der Waals surface area contributed by atoms with Crippen LogP contribution in [-0.4, -0.2) is 30.6 Å². The molecule has 1 aromatic rings. The van der Waals surface area contributed by atoms with Gasteiger partial charge in [0, 0.05) is 23.1 Å². The summed E-state index contributed by atoms with van der Waals surface area (Å²) < 4.78 is 10.6. The van der Waals surface area contributed by atoms with E-state index in [9.17, 15) is 4.79 Å². The molecule has 1 aromatic carbocycles. The molecular formula is C14H15NO4. The number of nitrogens with zero attached hydrogens (tertiary/aromatic N) is 1. The smallest absolute Gasteiger partial charge is 0.334 e. The molecule has 0 atom stereocenters. The molecule has 2 rings (SSSR count). The molecule has 0 bridgehead atoms. The van der Waals surface area contributed by atoms with Gasteiger partial charge in [-0.1, -0.05) is 17.3 Å². The van der Waals surface area contributed by atoms with Crippen molar-refractivity contribution in [1.82, 2.24) is 0 Å². The van der Waals surface area contributed by atoms with E-state index in [1.807, 2.05) is 12.1 Å². The fourth-order valence-corrected chi connectivity index (χ4v) is 1.93. The largest absolute Gasteiger partial charge is 0.492 e. The van der Waals surface area contributed by atoms with Crippen LogP contribution in [0.4, 0.5) is 0 Å². The highest BCUT2D eigenvalue weighted by atomic mass is 16.5. The topological polar surface area (TPSA) is 68.1 Å². The van der Waals surface area contributed by atoms with Crippen molar-refractivity contribution in [3.8, 4) is 5.75 Å². The number of esters is 1. The van der Waals surface area contributed by atoms with Gasteiger partial charge < -0.3 is 14.7 Å². The average molecular weight is 261 g/mol. The lowest BCUT2D eigenvalue weighted by Crippen LogP contribution is -2.09. The monoisotopic (exact) mass is 261 g/mol. The second-order valence-electron chi connectivity index (χ2n) is 4.00. The summed E-state index contributed by atoms with van der Waals surface area (Å²) in [5.74, 6) is 0.291. The first-order valence-electron chi connectivity index (χ1n) is 6.07. The van der Waals surface area contributed by atoms with Crippen LogP contribution in [0.15, 0.2) is 28.9 Å². The minimum atomic E-state index is -0.319. The summed E-state index contributed by atoms with van der Waals surface area (Å²) in [7, 11) is 0. The maximum absolute atomic E-state index is 11.8. The second kappa shape index (κ2) is 6.04. The van der Waals surface area contributed by atoms with Crippen molar-refractivity contribution in [3.05, 3.63) is 34.9 Å². The normalized spacial score (nSPS) is 14.3. The Balaban J connectivity index is 2.39. The highest BCUT2D eigenvalue weighted by molar-refractivity contribution is 5.95. The molecule has 0 unspecified atom stereocenters. The lowest BCUT2D eigenvalue weighted by atomic mass is 10.1. The molecule has 0 aromatic heterocycles. The van der Waals surface area contributed by atoms with Gasteiger partial charge >= 0.3 is 5.97 Å². The van der Waals surface area contributed by atoms with Gasteiger partial charge in [0.2, 0.25) is 0 Å². The maximum atomic E-state index is 11.8. The lowest BCUT2D eigenvalue weighted by Gasteiger charge is -2.08. The van der Waals surface area contributed by atoms with Gasteiger partial charge in [-0.2, -0.15) is 0 Å². The molecule has 0 radical (unpaired) electrons. The Bertz CT molecular complexity index is 534. The van der Waals surface area contributed by atoms with Crippen LogP contribution in [0.3, 0.4) is 0 Å². The van der Waals surface area contributed by atoms with Gasteiger partial charge in [0.1, 0.15) is 5.75 Å². The predicted molar refractivity (Wildman–Crippen MR) is 70.5 cm³/mol. The molecule has 0 aliphatic carbocycles. The lowest BCUT2D eigenvalue weighted by molar-refractivity contribution is -0.138. The zero-order valence-electron chi connectivity index (χ0n) is 10.6. The number of carbonyl (C=O) groups is 1. The Labute approximate surface area is 111 Å². The molecular weight excluding hydrogens is 246 g/mol. The Kier molecular flexibility index (Phi) is 4.18. The van der Waals surface area contributed by atoms with Crippen LogP contribution in [-0.2, 0) is 9.53 Å². The minimum Gasteiger partial charge on any atom is -0.492 e. The average Bonchev–Trinajstić information content (AvgIpc) is 2.62.